The SMILES string of the molecule is CCC/C=[C]\c1ccccc1C. The fraction of sp³-hybridized carbons (Fsp3) is 0.333. The number of hydrogen-bond acceptors (Lipinski definition) is 0. The molecule has 0 aliphatic carbocycles. The Hall–Kier alpha value is -1.04. The van der Waals surface area contributed by atoms with Crippen LogP contribution in [-0.2, 0) is 0 Å². The molecule has 0 heteroatoms. The molecule has 0 spiro atoms. The second-order valence-corrected chi connectivity index (χ2v) is 2.95. The van der Waals surface area contributed by atoms with Gasteiger partial charge in [0.15, 0.2) is 0 Å². The maximum Gasteiger partial charge on any atom is -0.0146 e. The van der Waals surface area contributed by atoms with Crippen LogP contribution in [0.1, 0.15) is 30.9 Å². The van der Waals surface area contributed by atoms with Gasteiger partial charge >= 0.3 is 0 Å². The molecule has 0 aliphatic rings. The fourth-order valence-corrected chi connectivity index (χ4v) is 1.06. The van der Waals surface area contributed by atoms with E-state index in [0.717, 1.165) is 6.42 Å². The Morgan fingerprint density at radius 3 is 2.75 bits per heavy atom. The number of hydrogen-bond donors (Lipinski definition) is 0. The molecule has 0 heterocycles. The monoisotopic (exact) mass is 159 g/mol. The van der Waals surface area contributed by atoms with E-state index < -0.39 is 0 Å². The molecule has 1 rings (SSSR count). The van der Waals surface area contributed by atoms with Gasteiger partial charge in [0.2, 0.25) is 0 Å². The van der Waals surface area contributed by atoms with Crippen molar-refractivity contribution >= 4 is 0 Å². The van der Waals surface area contributed by atoms with Gasteiger partial charge in [0.1, 0.15) is 0 Å². The third-order valence-corrected chi connectivity index (χ3v) is 1.84. The summed E-state index contributed by atoms with van der Waals surface area (Å²) in [6, 6.07) is 8.32. The summed E-state index contributed by atoms with van der Waals surface area (Å²) in [6.45, 7) is 4.29. The topological polar surface area (TPSA) is 0 Å². The lowest BCUT2D eigenvalue weighted by molar-refractivity contribution is 0.955. The molecule has 0 nitrogen and oxygen atoms in total. The molecule has 0 unspecified atom stereocenters. The van der Waals surface area contributed by atoms with Gasteiger partial charge in [-0.05, 0) is 30.5 Å². The number of allylic oxidation sites excluding steroid dienone is 1. The predicted octanol–water partition coefficient (Wildman–Crippen LogP) is 3.50. The molecule has 12 heavy (non-hydrogen) atoms. The average Bonchev–Trinajstić information content (AvgIpc) is 2.09. The van der Waals surface area contributed by atoms with Crippen LogP contribution in [0.25, 0.3) is 0 Å². The third kappa shape index (κ3) is 2.54. The Bertz CT molecular complexity index is 258. The highest BCUT2D eigenvalue weighted by molar-refractivity contribution is 5.30. The van der Waals surface area contributed by atoms with Crippen molar-refractivity contribution in [2.75, 3.05) is 0 Å². The summed E-state index contributed by atoms with van der Waals surface area (Å²) in [7, 11) is 0. The molecule has 0 bridgehead atoms. The molecular weight excluding hydrogens is 144 g/mol. The van der Waals surface area contributed by atoms with Crippen molar-refractivity contribution in [3.63, 3.8) is 0 Å². The quantitative estimate of drug-likeness (QED) is 0.633. The van der Waals surface area contributed by atoms with Crippen LogP contribution in [0.3, 0.4) is 0 Å². The highest BCUT2D eigenvalue weighted by atomic mass is 13.9. The van der Waals surface area contributed by atoms with E-state index in [1.165, 1.54) is 17.5 Å². The first-order valence-electron chi connectivity index (χ1n) is 4.48. The van der Waals surface area contributed by atoms with Gasteiger partial charge in [-0.3, -0.25) is 0 Å². The fourth-order valence-electron chi connectivity index (χ4n) is 1.06. The van der Waals surface area contributed by atoms with Crippen molar-refractivity contribution in [3.8, 4) is 0 Å². The van der Waals surface area contributed by atoms with Crippen LogP contribution in [0.4, 0.5) is 0 Å². The number of benzene rings is 1. The zero-order chi connectivity index (χ0) is 8.81. The number of aryl methyl sites for hydroxylation is 1. The highest BCUT2D eigenvalue weighted by Crippen LogP contribution is 2.07. The van der Waals surface area contributed by atoms with Crippen molar-refractivity contribution in [2.24, 2.45) is 0 Å². The highest BCUT2D eigenvalue weighted by Gasteiger charge is 1.89. The Balaban J connectivity index is 2.68. The van der Waals surface area contributed by atoms with E-state index in [4.69, 9.17) is 0 Å². The minimum atomic E-state index is 1.12. The molecule has 1 aromatic rings. The third-order valence-electron chi connectivity index (χ3n) is 1.84. The van der Waals surface area contributed by atoms with Crippen molar-refractivity contribution in [3.05, 3.63) is 47.5 Å². The van der Waals surface area contributed by atoms with E-state index in [2.05, 4.69) is 50.3 Å². The van der Waals surface area contributed by atoms with Crippen LogP contribution < -0.4 is 0 Å². The van der Waals surface area contributed by atoms with E-state index in [1.807, 2.05) is 0 Å². The maximum atomic E-state index is 3.29. The first-order chi connectivity index (χ1) is 5.84. The number of unbranched alkanes of at least 4 members (excludes halogenated alkanes) is 1. The van der Waals surface area contributed by atoms with Crippen LogP contribution in [0.5, 0.6) is 0 Å². The van der Waals surface area contributed by atoms with E-state index in [9.17, 15) is 0 Å². The van der Waals surface area contributed by atoms with Gasteiger partial charge in [-0.15, -0.1) is 0 Å². The molecule has 0 saturated carbocycles. The summed E-state index contributed by atoms with van der Waals surface area (Å²) in [5, 5.41) is 0. The van der Waals surface area contributed by atoms with Crippen molar-refractivity contribution in [2.45, 2.75) is 26.7 Å². The first-order valence-corrected chi connectivity index (χ1v) is 4.48. The molecule has 0 fully saturated rings. The minimum absolute atomic E-state index is 1.12. The van der Waals surface area contributed by atoms with Gasteiger partial charge in [0.25, 0.3) is 0 Å². The molecule has 0 amide bonds. The van der Waals surface area contributed by atoms with Crippen molar-refractivity contribution in [1.82, 2.24) is 0 Å². The van der Waals surface area contributed by atoms with Gasteiger partial charge < -0.3 is 0 Å². The molecule has 63 valence electrons. The number of rotatable bonds is 3. The van der Waals surface area contributed by atoms with E-state index in [0.29, 0.717) is 0 Å². The lowest BCUT2D eigenvalue weighted by Gasteiger charge is -1.96. The van der Waals surface area contributed by atoms with Gasteiger partial charge in [-0.25, -0.2) is 0 Å². The largest absolute Gasteiger partial charge is 0.0760 e. The standard InChI is InChI=1S/C12H15/c1-3-4-5-9-12-10-7-6-8-11(12)2/h5-8,10H,3-4H2,1-2H3. The summed E-state index contributed by atoms with van der Waals surface area (Å²) < 4.78 is 0. The predicted molar refractivity (Wildman–Crippen MR) is 53.0 cm³/mol. The zero-order valence-electron chi connectivity index (χ0n) is 7.80. The summed E-state index contributed by atoms with van der Waals surface area (Å²) in [5.74, 6) is 0. The average molecular weight is 159 g/mol. The smallest absolute Gasteiger partial charge is 0.0146 e. The van der Waals surface area contributed by atoms with Crippen LogP contribution in [0.2, 0.25) is 0 Å². The maximum absolute atomic E-state index is 3.29. The lowest BCUT2D eigenvalue weighted by Crippen LogP contribution is -1.79. The molecule has 1 aromatic carbocycles. The van der Waals surface area contributed by atoms with Crippen molar-refractivity contribution in [1.29, 1.82) is 0 Å². The summed E-state index contributed by atoms with van der Waals surface area (Å²) in [5.41, 5.74) is 2.51. The minimum Gasteiger partial charge on any atom is -0.0760 e. The Morgan fingerprint density at radius 2 is 2.08 bits per heavy atom. The summed E-state index contributed by atoms with van der Waals surface area (Å²) >= 11 is 0. The second-order valence-electron chi connectivity index (χ2n) is 2.95. The molecular formula is C12H15. The van der Waals surface area contributed by atoms with Gasteiger partial charge in [0.05, 0.1) is 0 Å². The van der Waals surface area contributed by atoms with Crippen LogP contribution in [-0.4, -0.2) is 0 Å². The van der Waals surface area contributed by atoms with Crippen LogP contribution in [0, 0.1) is 13.0 Å². The van der Waals surface area contributed by atoms with Crippen LogP contribution in [0.15, 0.2) is 30.3 Å². The Labute approximate surface area is 74.9 Å². The van der Waals surface area contributed by atoms with E-state index >= 15 is 0 Å². The second kappa shape index (κ2) is 4.76. The van der Waals surface area contributed by atoms with Gasteiger partial charge in [-0.2, -0.15) is 0 Å². The molecule has 1 radical (unpaired) electrons. The first kappa shape index (κ1) is 9.05. The van der Waals surface area contributed by atoms with Gasteiger partial charge in [-0.1, -0.05) is 43.7 Å². The molecule has 0 atom stereocenters. The van der Waals surface area contributed by atoms with E-state index in [-0.39, 0.29) is 0 Å². The van der Waals surface area contributed by atoms with Crippen LogP contribution >= 0.6 is 0 Å². The van der Waals surface area contributed by atoms with Crippen molar-refractivity contribution < 1.29 is 0 Å². The molecule has 0 aliphatic heterocycles. The lowest BCUT2D eigenvalue weighted by atomic mass is 10.1. The molecule has 0 saturated heterocycles. The summed E-state index contributed by atoms with van der Waals surface area (Å²) in [4.78, 5) is 0. The summed E-state index contributed by atoms with van der Waals surface area (Å²) in [6.07, 6.45) is 7.71. The van der Waals surface area contributed by atoms with Gasteiger partial charge in [0, 0.05) is 0 Å². The normalized spacial score (nSPS) is 10.8. The zero-order valence-corrected chi connectivity index (χ0v) is 7.80. The van der Waals surface area contributed by atoms with E-state index in [1.54, 1.807) is 0 Å². The Morgan fingerprint density at radius 1 is 1.33 bits per heavy atom. The molecule has 0 N–H and O–H groups in total. The Kier molecular flexibility index (Phi) is 3.59. The molecule has 0 aromatic heterocycles.